The SMILES string of the molecule is CC(CN(C)S(=O)(=O)c1c(Cl)cc(F)cc1Cl)C(=O)O. The van der Waals surface area contributed by atoms with Gasteiger partial charge in [-0.2, -0.15) is 4.31 Å². The van der Waals surface area contributed by atoms with E-state index >= 15 is 0 Å². The smallest absolute Gasteiger partial charge is 0.307 e. The molecule has 1 unspecified atom stereocenters. The van der Waals surface area contributed by atoms with Crippen LogP contribution < -0.4 is 0 Å². The van der Waals surface area contributed by atoms with Gasteiger partial charge in [0.1, 0.15) is 10.7 Å². The predicted molar refractivity (Wildman–Crippen MR) is 73.0 cm³/mol. The molecule has 0 aromatic heterocycles. The number of halogens is 3. The third-order valence-electron chi connectivity index (χ3n) is 2.58. The molecule has 112 valence electrons. The molecule has 0 bridgehead atoms. The van der Waals surface area contributed by atoms with E-state index in [1.807, 2.05) is 0 Å². The van der Waals surface area contributed by atoms with E-state index in [0.29, 0.717) is 0 Å². The summed E-state index contributed by atoms with van der Waals surface area (Å²) in [5.74, 6) is -2.81. The summed E-state index contributed by atoms with van der Waals surface area (Å²) in [6.45, 7) is 1.10. The zero-order chi connectivity index (χ0) is 15.7. The number of hydrogen-bond donors (Lipinski definition) is 1. The number of nitrogens with zero attached hydrogens (tertiary/aromatic N) is 1. The van der Waals surface area contributed by atoms with Gasteiger partial charge in [0.15, 0.2) is 0 Å². The van der Waals surface area contributed by atoms with Crippen molar-refractivity contribution in [2.75, 3.05) is 13.6 Å². The molecule has 9 heteroatoms. The fourth-order valence-corrected chi connectivity index (χ4v) is 3.88. The molecule has 20 heavy (non-hydrogen) atoms. The number of aliphatic carboxylic acids is 1. The molecule has 1 N–H and O–H groups in total. The Morgan fingerprint density at radius 1 is 1.40 bits per heavy atom. The van der Waals surface area contributed by atoms with Crippen molar-refractivity contribution in [1.82, 2.24) is 4.31 Å². The van der Waals surface area contributed by atoms with Crippen LogP contribution in [0.3, 0.4) is 0 Å². The Morgan fingerprint density at radius 3 is 2.25 bits per heavy atom. The van der Waals surface area contributed by atoms with Crippen LogP contribution in [0.2, 0.25) is 10.0 Å². The van der Waals surface area contributed by atoms with E-state index in [4.69, 9.17) is 28.3 Å². The number of benzene rings is 1. The van der Waals surface area contributed by atoms with Gasteiger partial charge in [-0.05, 0) is 12.1 Å². The number of carboxylic acid groups (broad SMARTS) is 1. The summed E-state index contributed by atoms with van der Waals surface area (Å²) in [5.41, 5.74) is 0. The maximum Gasteiger partial charge on any atom is 0.307 e. The average Bonchev–Trinajstić information content (AvgIpc) is 2.26. The molecule has 0 radical (unpaired) electrons. The third-order valence-corrected chi connectivity index (χ3v) is 5.33. The number of sulfonamides is 1. The van der Waals surface area contributed by atoms with Gasteiger partial charge in [-0.25, -0.2) is 12.8 Å². The van der Waals surface area contributed by atoms with E-state index in [9.17, 15) is 17.6 Å². The highest BCUT2D eigenvalue weighted by Gasteiger charge is 2.29. The lowest BCUT2D eigenvalue weighted by atomic mass is 10.2. The average molecular weight is 344 g/mol. The Kier molecular flexibility index (Phi) is 5.37. The van der Waals surface area contributed by atoms with E-state index in [2.05, 4.69) is 0 Å². The molecule has 1 rings (SSSR count). The first-order valence-corrected chi connectivity index (χ1v) is 7.60. The molecule has 0 aliphatic carbocycles. The molecule has 0 saturated heterocycles. The normalized spacial score (nSPS) is 13.5. The van der Waals surface area contributed by atoms with E-state index in [-0.39, 0.29) is 16.6 Å². The summed E-state index contributed by atoms with van der Waals surface area (Å²) in [4.78, 5) is 10.3. The molecule has 1 aromatic rings. The van der Waals surface area contributed by atoms with Crippen LogP contribution in [0.25, 0.3) is 0 Å². The fraction of sp³-hybridized carbons (Fsp3) is 0.364. The van der Waals surface area contributed by atoms with Gasteiger partial charge < -0.3 is 5.11 Å². The van der Waals surface area contributed by atoms with E-state index in [0.717, 1.165) is 16.4 Å². The summed E-state index contributed by atoms with van der Waals surface area (Å²) in [5, 5.41) is 8.08. The van der Waals surface area contributed by atoms with Crippen molar-refractivity contribution < 1.29 is 22.7 Å². The molecule has 0 spiro atoms. The molecule has 0 amide bonds. The first kappa shape index (κ1) is 17.2. The summed E-state index contributed by atoms with van der Waals surface area (Å²) < 4.78 is 38.4. The molecule has 0 aliphatic heterocycles. The van der Waals surface area contributed by atoms with Gasteiger partial charge in [-0.1, -0.05) is 30.1 Å². The summed E-state index contributed by atoms with van der Waals surface area (Å²) in [6, 6.07) is 1.66. The van der Waals surface area contributed by atoms with Crippen LogP contribution in [-0.4, -0.2) is 37.4 Å². The standard InChI is InChI=1S/C11H12Cl2FNO4S/c1-6(11(16)17)5-15(2)20(18,19)10-8(12)3-7(14)4-9(10)13/h3-4,6H,5H2,1-2H3,(H,16,17). The Balaban J connectivity index is 3.21. The summed E-state index contributed by atoms with van der Waals surface area (Å²) in [7, 11) is -2.91. The number of carboxylic acids is 1. The highest BCUT2D eigenvalue weighted by Crippen LogP contribution is 2.32. The van der Waals surface area contributed by atoms with Crippen LogP contribution in [0.4, 0.5) is 4.39 Å². The van der Waals surface area contributed by atoms with Crippen LogP contribution in [0, 0.1) is 11.7 Å². The lowest BCUT2D eigenvalue weighted by Gasteiger charge is -2.20. The van der Waals surface area contributed by atoms with Crippen molar-refractivity contribution in [2.24, 2.45) is 5.92 Å². The number of hydrogen-bond acceptors (Lipinski definition) is 3. The van der Waals surface area contributed by atoms with Gasteiger partial charge in [0.05, 0.1) is 16.0 Å². The topological polar surface area (TPSA) is 74.7 Å². The van der Waals surface area contributed by atoms with Crippen LogP contribution >= 0.6 is 23.2 Å². The molecule has 5 nitrogen and oxygen atoms in total. The number of rotatable bonds is 5. The molecule has 0 fully saturated rings. The lowest BCUT2D eigenvalue weighted by molar-refractivity contribution is -0.141. The second-order valence-corrected chi connectivity index (χ2v) is 7.02. The minimum Gasteiger partial charge on any atom is -0.481 e. The zero-order valence-electron chi connectivity index (χ0n) is 10.6. The van der Waals surface area contributed by atoms with Gasteiger partial charge in [0.25, 0.3) is 0 Å². The van der Waals surface area contributed by atoms with Gasteiger partial charge >= 0.3 is 5.97 Å². The molecule has 1 atom stereocenters. The Labute approximate surface area is 126 Å². The second kappa shape index (κ2) is 6.26. The minimum atomic E-state index is -4.11. The van der Waals surface area contributed by atoms with Crippen LogP contribution in [0.5, 0.6) is 0 Å². The van der Waals surface area contributed by atoms with E-state index < -0.39 is 32.6 Å². The first-order chi connectivity index (χ1) is 9.07. The third kappa shape index (κ3) is 3.60. The molecule has 1 aromatic carbocycles. The molecule has 0 saturated carbocycles. The summed E-state index contributed by atoms with van der Waals surface area (Å²) >= 11 is 11.4. The monoisotopic (exact) mass is 343 g/mol. The Morgan fingerprint density at radius 2 is 1.85 bits per heavy atom. The lowest BCUT2D eigenvalue weighted by Crippen LogP contribution is -2.34. The summed E-state index contributed by atoms with van der Waals surface area (Å²) in [6.07, 6.45) is 0. The van der Waals surface area contributed by atoms with Crippen LogP contribution in [-0.2, 0) is 14.8 Å². The Hall–Kier alpha value is -0.890. The highest BCUT2D eigenvalue weighted by atomic mass is 35.5. The Bertz CT molecular complexity index is 612. The predicted octanol–water partition coefficient (Wildman–Crippen LogP) is 2.47. The molecular weight excluding hydrogens is 332 g/mol. The highest BCUT2D eigenvalue weighted by molar-refractivity contribution is 7.89. The van der Waals surface area contributed by atoms with Gasteiger partial charge in [-0.3, -0.25) is 4.79 Å². The van der Waals surface area contributed by atoms with Crippen molar-refractivity contribution in [3.8, 4) is 0 Å². The van der Waals surface area contributed by atoms with E-state index in [1.165, 1.54) is 14.0 Å². The molecule has 0 aliphatic rings. The minimum absolute atomic E-state index is 0.262. The fourth-order valence-electron chi connectivity index (χ4n) is 1.49. The van der Waals surface area contributed by atoms with Crippen molar-refractivity contribution >= 4 is 39.2 Å². The van der Waals surface area contributed by atoms with Crippen molar-refractivity contribution in [2.45, 2.75) is 11.8 Å². The maximum atomic E-state index is 13.1. The quantitative estimate of drug-likeness (QED) is 0.891. The largest absolute Gasteiger partial charge is 0.481 e. The molecular formula is C11H12Cl2FNO4S. The second-order valence-electron chi connectivity index (χ2n) is 4.22. The van der Waals surface area contributed by atoms with Crippen molar-refractivity contribution in [1.29, 1.82) is 0 Å². The molecule has 0 heterocycles. The van der Waals surface area contributed by atoms with Gasteiger partial charge in [0, 0.05) is 13.6 Å². The van der Waals surface area contributed by atoms with Crippen molar-refractivity contribution in [3.63, 3.8) is 0 Å². The van der Waals surface area contributed by atoms with Gasteiger partial charge in [-0.15, -0.1) is 0 Å². The van der Waals surface area contributed by atoms with Crippen LogP contribution in [0.15, 0.2) is 17.0 Å². The van der Waals surface area contributed by atoms with Crippen LogP contribution in [0.1, 0.15) is 6.92 Å². The van der Waals surface area contributed by atoms with Gasteiger partial charge in [0.2, 0.25) is 10.0 Å². The van der Waals surface area contributed by atoms with Crippen molar-refractivity contribution in [3.05, 3.63) is 28.0 Å². The maximum absolute atomic E-state index is 13.1. The number of carbonyl (C=O) groups is 1. The first-order valence-electron chi connectivity index (χ1n) is 5.41. The van der Waals surface area contributed by atoms with E-state index in [1.54, 1.807) is 0 Å². The zero-order valence-corrected chi connectivity index (χ0v) is 12.9.